The lowest BCUT2D eigenvalue weighted by Crippen LogP contribution is -2.47. The Balaban J connectivity index is 2.30. The van der Waals surface area contributed by atoms with E-state index in [1.54, 1.807) is 11.8 Å². The minimum absolute atomic E-state index is 0.0599. The number of amides is 1. The summed E-state index contributed by atoms with van der Waals surface area (Å²) in [5.41, 5.74) is 0. The van der Waals surface area contributed by atoms with Crippen molar-refractivity contribution in [3.05, 3.63) is 0 Å². The first-order valence-corrected chi connectivity index (χ1v) is 5.41. The van der Waals surface area contributed by atoms with Crippen molar-refractivity contribution in [2.24, 2.45) is 0 Å². The van der Waals surface area contributed by atoms with Crippen LogP contribution >= 0.6 is 0 Å². The molecule has 0 aliphatic carbocycles. The van der Waals surface area contributed by atoms with Gasteiger partial charge in [0.2, 0.25) is 5.91 Å². The number of alkyl halides is 2. The Hall–Kier alpha value is -0.710. The molecule has 1 unspecified atom stereocenters. The molecule has 0 aromatic carbocycles. The van der Waals surface area contributed by atoms with Crippen molar-refractivity contribution >= 4 is 5.91 Å². The Morgan fingerprint density at radius 2 is 1.93 bits per heavy atom. The van der Waals surface area contributed by atoms with E-state index in [-0.39, 0.29) is 5.91 Å². The highest BCUT2D eigenvalue weighted by Crippen LogP contribution is 2.09. The normalized spacial score (nSPS) is 19.3. The van der Waals surface area contributed by atoms with E-state index in [2.05, 4.69) is 5.32 Å². The fourth-order valence-electron chi connectivity index (χ4n) is 1.74. The SMILES string of the molecule is CC(NCC(F)F)C(=O)N1CCCCC1. The third-order valence-corrected chi connectivity index (χ3v) is 2.62. The largest absolute Gasteiger partial charge is 0.341 e. The maximum atomic E-state index is 11.9. The summed E-state index contributed by atoms with van der Waals surface area (Å²) in [5.74, 6) is -0.0599. The van der Waals surface area contributed by atoms with Crippen molar-refractivity contribution in [1.82, 2.24) is 10.2 Å². The van der Waals surface area contributed by atoms with Crippen LogP contribution in [0.5, 0.6) is 0 Å². The zero-order chi connectivity index (χ0) is 11.3. The number of hydrogen-bond acceptors (Lipinski definition) is 2. The molecule has 0 aromatic rings. The van der Waals surface area contributed by atoms with Gasteiger partial charge in [-0.15, -0.1) is 0 Å². The first-order chi connectivity index (χ1) is 7.11. The van der Waals surface area contributed by atoms with E-state index >= 15 is 0 Å². The molecule has 1 heterocycles. The van der Waals surface area contributed by atoms with E-state index in [0.29, 0.717) is 0 Å². The van der Waals surface area contributed by atoms with Crippen LogP contribution in [0.4, 0.5) is 8.78 Å². The standard InChI is InChI=1S/C10H18F2N2O/c1-8(13-7-9(11)12)10(15)14-5-3-2-4-6-14/h8-9,13H,2-7H2,1H3. The second-order valence-electron chi connectivity index (χ2n) is 3.91. The summed E-state index contributed by atoms with van der Waals surface area (Å²) in [6, 6.07) is -0.503. The summed E-state index contributed by atoms with van der Waals surface area (Å²) in [5, 5.41) is 2.54. The second-order valence-corrected chi connectivity index (χ2v) is 3.91. The molecule has 0 aromatic heterocycles. The van der Waals surface area contributed by atoms with E-state index in [9.17, 15) is 13.6 Å². The fraction of sp³-hybridized carbons (Fsp3) is 0.900. The first kappa shape index (κ1) is 12.4. The Labute approximate surface area is 88.8 Å². The van der Waals surface area contributed by atoms with Gasteiger partial charge < -0.3 is 10.2 Å². The molecular formula is C10H18F2N2O. The molecule has 1 fully saturated rings. The Kier molecular flexibility index (Phi) is 4.94. The molecule has 0 saturated carbocycles. The number of nitrogens with zero attached hydrogens (tertiary/aromatic N) is 1. The van der Waals surface area contributed by atoms with Crippen LogP contribution in [0.2, 0.25) is 0 Å². The number of nitrogens with one attached hydrogen (secondary N) is 1. The van der Waals surface area contributed by atoms with Crippen LogP contribution in [0.1, 0.15) is 26.2 Å². The average molecular weight is 220 g/mol. The molecule has 15 heavy (non-hydrogen) atoms. The maximum absolute atomic E-state index is 11.9. The molecule has 0 spiro atoms. The van der Waals surface area contributed by atoms with Crippen molar-refractivity contribution in [1.29, 1.82) is 0 Å². The lowest BCUT2D eigenvalue weighted by molar-refractivity contribution is -0.134. The van der Waals surface area contributed by atoms with Gasteiger partial charge in [-0.25, -0.2) is 8.78 Å². The lowest BCUT2D eigenvalue weighted by atomic mass is 10.1. The smallest absolute Gasteiger partial charge is 0.250 e. The molecule has 1 rings (SSSR count). The summed E-state index contributed by atoms with van der Waals surface area (Å²) in [6.07, 6.45) is 0.796. The third kappa shape index (κ3) is 4.11. The van der Waals surface area contributed by atoms with Gasteiger partial charge in [0.25, 0.3) is 6.43 Å². The van der Waals surface area contributed by atoms with Gasteiger partial charge in [0.15, 0.2) is 0 Å². The van der Waals surface area contributed by atoms with Gasteiger partial charge in [-0.1, -0.05) is 0 Å². The van der Waals surface area contributed by atoms with Crippen molar-refractivity contribution < 1.29 is 13.6 Å². The second kappa shape index (κ2) is 6.00. The molecule has 1 amide bonds. The molecule has 0 radical (unpaired) electrons. The van der Waals surface area contributed by atoms with Crippen molar-refractivity contribution in [3.8, 4) is 0 Å². The predicted molar refractivity (Wildman–Crippen MR) is 53.9 cm³/mol. The van der Waals surface area contributed by atoms with Crippen LogP contribution in [-0.4, -0.2) is 42.9 Å². The summed E-state index contributed by atoms with van der Waals surface area (Å²) >= 11 is 0. The Morgan fingerprint density at radius 3 is 2.47 bits per heavy atom. The van der Waals surface area contributed by atoms with E-state index in [4.69, 9.17) is 0 Å². The molecular weight excluding hydrogens is 202 g/mol. The number of rotatable bonds is 4. The number of carbonyl (C=O) groups excluding carboxylic acids is 1. The van der Waals surface area contributed by atoms with E-state index in [1.807, 2.05) is 0 Å². The molecule has 1 aliphatic rings. The van der Waals surface area contributed by atoms with Gasteiger partial charge in [0.1, 0.15) is 0 Å². The fourth-order valence-corrected chi connectivity index (χ4v) is 1.74. The Morgan fingerprint density at radius 1 is 1.33 bits per heavy atom. The van der Waals surface area contributed by atoms with Crippen LogP contribution in [0.3, 0.4) is 0 Å². The van der Waals surface area contributed by atoms with Crippen molar-refractivity contribution in [2.75, 3.05) is 19.6 Å². The minimum Gasteiger partial charge on any atom is -0.341 e. The van der Waals surface area contributed by atoms with Gasteiger partial charge in [-0.3, -0.25) is 4.79 Å². The summed E-state index contributed by atoms with van der Waals surface area (Å²) in [6.45, 7) is 2.75. The highest BCUT2D eigenvalue weighted by molar-refractivity contribution is 5.81. The van der Waals surface area contributed by atoms with Crippen LogP contribution in [-0.2, 0) is 4.79 Å². The molecule has 1 atom stereocenters. The number of piperidine rings is 1. The van der Waals surface area contributed by atoms with Crippen LogP contribution < -0.4 is 5.32 Å². The Bertz CT molecular complexity index is 206. The molecule has 1 aliphatic heterocycles. The average Bonchev–Trinajstić information content (AvgIpc) is 2.26. The van der Waals surface area contributed by atoms with Gasteiger partial charge in [-0.05, 0) is 26.2 Å². The van der Waals surface area contributed by atoms with Crippen molar-refractivity contribution in [2.45, 2.75) is 38.7 Å². The number of carbonyl (C=O) groups is 1. The quantitative estimate of drug-likeness (QED) is 0.773. The summed E-state index contributed by atoms with van der Waals surface area (Å²) in [4.78, 5) is 13.5. The third-order valence-electron chi connectivity index (χ3n) is 2.62. The maximum Gasteiger partial charge on any atom is 0.250 e. The lowest BCUT2D eigenvalue weighted by Gasteiger charge is -2.29. The number of likely N-dealkylation sites (tertiary alicyclic amines) is 1. The predicted octanol–water partition coefficient (Wildman–Crippen LogP) is 1.24. The molecule has 1 N–H and O–H groups in total. The van der Waals surface area contributed by atoms with Gasteiger partial charge in [-0.2, -0.15) is 0 Å². The van der Waals surface area contributed by atoms with E-state index < -0.39 is 19.0 Å². The van der Waals surface area contributed by atoms with Gasteiger partial charge >= 0.3 is 0 Å². The summed E-state index contributed by atoms with van der Waals surface area (Å²) in [7, 11) is 0. The molecule has 5 heteroatoms. The zero-order valence-electron chi connectivity index (χ0n) is 9.01. The van der Waals surface area contributed by atoms with Crippen LogP contribution in [0.25, 0.3) is 0 Å². The number of halogens is 2. The molecule has 0 bridgehead atoms. The van der Waals surface area contributed by atoms with Gasteiger partial charge in [0.05, 0.1) is 12.6 Å². The molecule has 88 valence electrons. The minimum atomic E-state index is -2.40. The highest BCUT2D eigenvalue weighted by atomic mass is 19.3. The topological polar surface area (TPSA) is 32.3 Å². The van der Waals surface area contributed by atoms with E-state index in [1.165, 1.54) is 0 Å². The van der Waals surface area contributed by atoms with Crippen molar-refractivity contribution in [3.63, 3.8) is 0 Å². The zero-order valence-corrected chi connectivity index (χ0v) is 9.01. The van der Waals surface area contributed by atoms with E-state index in [0.717, 1.165) is 32.4 Å². The highest BCUT2D eigenvalue weighted by Gasteiger charge is 2.22. The van der Waals surface area contributed by atoms with Gasteiger partial charge in [0, 0.05) is 13.1 Å². The first-order valence-electron chi connectivity index (χ1n) is 5.41. The van der Waals surface area contributed by atoms with Crippen LogP contribution in [0.15, 0.2) is 0 Å². The number of hydrogen-bond donors (Lipinski definition) is 1. The molecule has 1 saturated heterocycles. The molecule has 3 nitrogen and oxygen atoms in total. The monoisotopic (exact) mass is 220 g/mol. The summed E-state index contributed by atoms with van der Waals surface area (Å²) < 4.78 is 23.8. The van der Waals surface area contributed by atoms with Crippen LogP contribution in [0, 0.1) is 0 Å².